The van der Waals surface area contributed by atoms with Crippen LogP contribution in [0.5, 0.6) is 0 Å². The lowest BCUT2D eigenvalue weighted by atomic mass is 10.2. The number of aryl methyl sites for hydroxylation is 2. The second kappa shape index (κ2) is 4.87. The number of thiophene rings is 1. The van der Waals surface area contributed by atoms with Gasteiger partial charge in [-0.3, -0.25) is 4.79 Å². The van der Waals surface area contributed by atoms with E-state index in [-0.39, 0.29) is 5.91 Å². The molecule has 4 heteroatoms. The molecule has 94 valence electrons. The van der Waals surface area contributed by atoms with Gasteiger partial charge in [-0.2, -0.15) is 5.26 Å². The van der Waals surface area contributed by atoms with Crippen LogP contribution in [0.4, 0.5) is 5.69 Å². The van der Waals surface area contributed by atoms with Crippen LogP contribution in [0.15, 0.2) is 30.3 Å². The molecule has 1 heterocycles. The van der Waals surface area contributed by atoms with Gasteiger partial charge in [0, 0.05) is 10.6 Å². The van der Waals surface area contributed by atoms with Gasteiger partial charge in [-0.1, -0.05) is 0 Å². The summed E-state index contributed by atoms with van der Waals surface area (Å²) in [5.74, 6) is -0.0656. The number of nitrogens with zero attached hydrogens (tertiary/aromatic N) is 1. The average Bonchev–Trinajstić information content (AvgIpc) is 3.00. The average molecular weight is 268 g/mol. The van der Waals surface area contributed by atoms with Crippen LogP contribution in [-0.2, 0) is 12.8 Å². The third-order valence-corrected chi connectivity index (χ3v) is 4.48. The number of carbonyl (C=O) groups is 1. The summed E-state index contributed by atoms with van der Waals surface area (Å²) in [5, 5.41) is 11.6. The first-order valence-electron chi connectivity index (χ1n) is 6.19. The number of hydrogen-bond donors (Lipinski definition) is 1. The zero-order valence-electron chi connectivity index (χ0n) is 10.3. The van der Waals surface area contributed by atoms with E-state index in [2.05, 4.69) is 11.4 Å². The van der Waals surface area contributed by atoms with Crippen molar-refractivity contribution in [2.24, 2.45) is 0 Å². The van der Waals surface area contributed by atoms with Crippen LogP contribution in [0.25, 0.3) is 0 Å². The van der Waals surface area contributed by atoms with Crippen molar-refractivity contribution in [2.45, 2.75) is 19.3 Å². The number of amides is 1. The van der Waals surface area contributed by atoms with Crippen molar-refractivity contribution >= 4 is 22.9 Å². The quantitative estimate of drug-likeness (QED) is 0.908. The number of anilines is 1. The van der Waals surface area contributed by atoms with Crippen LogP contribution < -0.4 is 5.32 Å². The lowest BCUT2D eigenvalue weighted by molar-refractivity contribution is 0.103. The van der Waals surface area contributed by atoms with Gasteiger partial charge in [0.15, 0.2) is 0 Å². The Kier molecular flexibility index (Phi) is 3.06. The number of hydrogen-bond acceptors (Lipinski definition) is 3. The first-order chi connectivity index (χ1) is 9.26. The highest BCUT2D eigenvalue weighted by atomic mass is 32.1. The van der Waals surface area contributed by atoms with E-state index in [0.29, 0.717) is 5.56 Å². The number of rotatable bonds is 2. The summed E-state index contributed by atoms with van der Waals surface area (Å²) < 4.78 is 0. The molecule has 3 nitrogen and oxygen atoms in total. The summed E-state index contributed by atoms with van der Waals surface area (Å²) in [6.45, 7) is 0. The fraction of sp³-hybridized carbons (Fsp3) is 0.200. The van der Waals surface area contributed by atoms with Crippen LogP contribution in [0, 0.1) is 11.3 Å². The molecule has 1 N–H and O–H groups in total. The zero-order valence-corrected chi connectivity index (χ0v) is 11.1. The molecule has 2 aromatic rings. The van der Waals surface area contributed by atoms with E-state index in [9.17, 15) is 4.79 Å². The predicted molar refractivity (Wildman–Crippen MR) is 75.5 cm³/mol. The summed E-state index contributed by atoms with van der Waals surface area (Å²) in [6, 6.07) is 11.0. The van der Waals surface area contributed by atoms with E-state index in [4.69, 9.17) is 5.26 Å². The molecule has 19 heavy (non-hydrogen) atoms. The second-order valence-corrected chi connectivity index (χ2v) is 5.69. The second-order valence-electron chi connectivity index (χ2n) is 4.56. The molecule has 0 saturated carbocycles. The van der Waals surface area contributed by atoms with Crippen LogP contribution in [0.1, 0.15) is 32.1 Å². The molecule has 0 unspecified atom stereocenters. The minimum Gasteiger partial charge on any atom is -0.321 e. The van der Waals surface area contributed by atoms with E-state index in [0.717, 1.165) is 23.4 Å². The molecule has 0 aliphatic heterocycles. The SMILES string of the molecule is N#Cc1ccc(NC(=O)c2cc3c(s2)CCC3)cc1. The number of fused-ring (bicyclic) bond motifs is 1. The number of benzene rings is 1. The fourth-order valence-electron chi connectivity index (χ4n) is 2.26. The third kappa shape index (κ3) is 2.38. The topological polar surface area (TPSA) is 52.9 Å². The highest BCUT2D eigenvalue weighted by Gasteiger charge is 2.18. The Hall–Kier alpha value is -2.12. The summed E-state index contributed by atoms with van der Waals surface area (Å²) in [5.41, 5.74) is 2.64. The van der Waals surface area contributed by atoms with Gasteiger partial charge in [-0.15, -0.1) is 11.3 Å². The van der Waals surface area contributed by atoms with Crippen LogP contribution in [0.3, 0.4) is 0 Å². The van der Waals surface area contributed by atoms with Gasteiger partial charge in [0.2, 0.25) is 0 Å². The number of carbonyl (C=O) groups excluding carboxylic acids is 1. The van der Waals surface area contributed by atoms with Gasteiger partial charge in [-0.25, -0.2) is 0 Å². The minimum absolute atomic E-state index is 0.0656. The summed E-state index contributed by atoms with van der Waals surface area (Å²) in [4.78, 5) is 14.2. The third-order valence-electron chi connectivity index (χ3n) is 3.24. The van der Waals surface area contributed by atoms with E-state index in [1.54, 1.807) is 35.6 Å². The van der Waals surface area contributed by atoms with Gasteiger partial charge >= 0.3 is 0 Å². The first-order valence-corrected chi connectivity index (χ1v) is 7.01. The summed E-state index contributed by atoms with van der Waals surface area (Å²) in [7, 11) is 0. The molecule has 0 radical (unpaired) electrons. The predicted octanol–water partition coefficient (Wildman–Crippen LogP) is 3.36. The van der Waals surface area contributed by atoms with Gasteiger partial charge in [0.1, 0.15) is 0 Å². The molecule has 1 aliphatic rings. The van der Waals surface area contributed by atoms with E-state index in [1.807, 2.05) is 6.07 Å². The Bertz CT molecular complexity index is 643. The standard InChI is InChI=1S/C15H12N2OS/c16-9-10-4-6-12(7-5-10)17-15(18)14-8-11-2-1-3-13(11)19-14/h4-8H,1-3H2,(H,17,18). The number of nitrogens with one attached hydrogen (secondary N) is 1. The Balaban J connectivity index is 1.75. The Morgan fingerprint density at radius 1 is 1.26 bits per heavy atom. The Labute approximate surface area is 115 Å². The molecule has 0 fully saturated rings. The first kappa shape index (κ1) is 11.9. The maximum Gasteiger partial charge on any atom is 0.265 e. The van der Waals surface area contributed by atoms with Crippen molar-refractivity contribution in [3.8, 4) is 6.07 Å². The van der Waals surface area contributed by atoms with E-state index >= 15 is 0 Å². The molecule has 0 saturated heterocycles. The molecule has 1 aliphatic carbocycles. The van der Waals surface area contributed by atoms with Crippen LogP contribution >= 0.6 is 11.3 Å². The van der Waals surface area contributed by atoms with E-state index in [1.165, 1.54) is 16.9 Å². The molecule has 0 spiro atoms. The largest absolute Gasteiger partial charge is 0.321 e. The highest BCUT2D eigenvalue weighted by Crippen LogP contribution is 2.30. The fourth-order valence-corrected chi connectivity index (χ4v) is 3.41. The molecule has 0 atom stereocenters. The molecule has 1 aromatic carbocycles. The molecule has 0 bridgehead atoms. The van der Waals surface area contributed by atoms with Crippen molar-refractivity contribution in [2.75, 3.05) is 5.32 Å². The van der Waals surface area contributed by atoms with Crippen molar-refractivity contribution in [1.29, 1.82) is 5.26 Å². The molecule has 1 aromatic heterocycles. The lowest BCUT2D eigenvalue weighted by Crippen LogP contribution is -2.10. The maximum absolute atomic E-state index is 12.1. The number of nitriles is 1. The zero-order chi connectivity index (χ0) is 13.2. The van der Waals surface area contributed by atoms with Crippen molar-refractivity contribution in [3.05, 3.63) is 51.2 Å². The van der Waals surface area contributed by atoms with E-state index < -0.39 is 0 Å². The van der Waals surface area contributed by atoms with Crippen molar-refractivity contribution < 1.29 is 4.79 Å². The maximum atomic E-state index is 12.1. The lowest BCUT2D eigenvalue weighted by Gasteiger charge is -2.03. The molecule has 3 rings (SSSR count). The highest BCUT2D eigenvalue weighted by molar-refractivity contribution is 7.14. The van der Waals surface area contributed by atoms with Crippen LogP contribution in [-0.4, -0.2) is 5.91 Å². The smallest absolute Gasteiger partial charge is 0.265 e. The van der Waals surface area contributed by atoms with Gasteiger partial charge in [0.05, 0.1) is 16.5 Å². The molecular weight excluding hydrogens is 256 g/mol. The van der Waals surface area contributed by atoms with Gasteiger partial charge in [-0.05, 0) is 55.2 Å². The minimum atomic E-state index is -0.0656. The van der Waals surface area contributed by atoms with Crippen molar-refractivity contribution in [1.82, 2.24) is 0 Å². The molecule has 1 amide bonds. The Morgan fingerprint density at radius 3 is 2.74 bits per heavy atom. The van der Waals surface area contributed by atoms with Crippen molar-refractivity contribution in [3.63, 3.8) is 0 Å². The molecular formula is C15H12N2OS. The monoisotopic (exact) mass is 268 g/mol. The summed E-state index contributed by atoms with van der Waals surface area (Å²) in [6.07, 6.45) is 3.40. The van der Waals surface area contributed by atoms with Gasteiger partial charge in [0.25, 0.3) is 5.91 Å². The van der Waals surface area contributed by atoms with Gasteiger partial charge < -0.3 is 5.32 Å². The Morgan fingerprint density at radius 2 is 2.05 bits per heavy atom. The van der Waals surface area contributed by atoms with Crippen LogP contribution in [0.2, 0.25) is 0 Å². The normalized spacial score (nSPS) is 12.8. The summed E-state index contributed by atoms with van der Waals surface area (Å²) >= 11 is 1.59.